The Balaban J connectivity index is 1.68. The van der Waals surface area contributed by atoms with Crippen molar-refractivity contribution in [2.75, 3.05) is 5.32 Å². The van der Waals surface area contributed by atoms with Crippen LogP contribution in [0.5, 0.6) is 0 Å². The molecule has 2 aromatic carbocycles. The molecule has 1 aliphatic rings. The van der Waals surface area contributed by atoms with Crippen LogP contribution >= 0.6 is 11.6 Å². The van der Waals surface area contributed by atoms with Gasteiger partial charge in [0.25, 0.3) is 0 Å². The highest BCUT2D eigenvalue weighted by molar-refractivity contribution is 6.62. The summed E-state index contributed by atoms with van der Waals surface area (Å²) in [6.45, 7) is 7.03. The molecule has 1 aliphatic heterocycles. The first-order chi connectivity index (χ1) is 19.3. The maximum atomic E-state index is 13.3. The number of fused-ring (bicyclic) bond motifs is 2. The highest BCUT2D eigenvalue weighted by Gasteiger charge is 2.28. The van der Waals surface area contributed by atoms with E-state index in [0.29, 0.717) is 39.2 Å². The predicted molar refractivity (Wildman–Crippen MR) is 154 cm³/mol. The fraction of sp³-hybridized carbons (Fsp3) is 0.276. The third kappa shape index (κ3) is 4.48. The topological polar surface area (TPSA) is 97.0 Å². The molecule has 7 nitrogen and oxygen atoms in total. The Bertz CT molecular complexity index is 1770. The van der Waals surface area contributed by atoms with E-state index in [-0.39, 0.29) is 39.1 Å². The minimum atomic E-state index is -2.57. The third-order valence-electron chi connectivity index (χ3n) is 6.80. The van der Waals surface area contributed by atoms with Crippen LogP contribution in [0.3, 0.4) is 0 Å². The molecule has 0 saturated heterocycles. The maximum Gasteiger partial charge on any atom is 0.583 e. The lowest BCUT2D eigenvalue weighted by atomic mass is 9.74. The molecule has 1 atom stereocenters. The number of nitrogens with zero attached hydrogens (tertiary/aromatic N) is 2. The molecule has 0 aliphatic carbocycles. The van der Waals surface area contributed by atoms with Crippen LogP contribution in [-0.2, 0) is 4.76 Å². The van der Waals surface area contributed by atoms with E-state index in [9.17, 15) is 9.82 Å². The second kappa shape index (κ2) is 9.93. The minimum absolute atomic E-state index is 0.0198. The molecule has 2 N–H and O–H groups in total. The summed E-state index contributed by atoms with van der Waals surface area (Å²) in [4.78, 5) is 17.8. The molecule has 4 aromatic rings. The van der Waals surface area contributed by atoms with Gasteiger partial charge in [-0.3, -0.25) is 4.79 Å². The molecular weight excluding hydrogens is 501 g/mol. The number of hydrogen-bond acceptors (Lipinski definition) is 7. The van der Waals surface area contributed by atoms with E-state index in [1.807, 2.05) is 39.8 Å². The zero-order valence-electron chi connectivity index (χ0n) is 24.7. The Morgan fingerprint density at radius 2 is 1.92 bits per heavy atom. The molecule has 0 bridgehead atoms. The zero-order valence-corrected chi connectivity index (χ0v) is 22.5. The highest BCUT2D eigenvalue weighted by atomic mass is 35.5. The van der Waals surface area contributed by atoms with Crippen LogP contribution in [0.15, 0.2) is 50.8 Å². The molecule has 0 spiro atoms. The SMILES string of the molecule is [2H]C([2H])([2H])c1c(-c2nc(Cl)ccc2N[C@@H](C)c2cc(C)cc3c(=O)c(C)c(C(C)C)oc23)ccc2c1C=NOB2O. The van der Waals surface area contributed by atoms with Crippen molar-refractivity contribution in [2.24, 2.45) is 5.16 Å². The van der Waals surface area contributed by atoms with Crippen LogP contribution in [0.25, 0.3) is 22.2 Å². The highest BCUT2D eigenvalue weighted by Crippen LogP contribution is 2.35. The number of benzene rings is 2. The van der Waals surface area contributed by atoms with E-state index < -0.39 is 14.0 Å². The van der Waals surface area contributed by atoms with Gasteiger partial charge in [0.05, 0.1) is 29.0 Å². The largest absolute Gasteiger partial charge is 0.583 e. The monoisotopic (exact) mass is 532 g/mol. The minimum Gasteiger partial charge on any atom is -0.460 e. The van der Waals surface area contributed by atoms with Gasteiger partial charge in [-0.05, 0) is 56.9 Å². The van der Waals surface area contributed by atoms with Crippen molar-refractivity contribution >= 4 is 47.1 Å². The summed E-state index contributed by atoms with van der Waals surface area (Å²) < 4.78 is 36.2. The standard InChI is InChI=1S/C29H29BClN3O4/c1-14(2)28-17(5)27(35)21-12-15(3)11-20(29(21)37-28)18(6)33-24-9-10-25(31)34-26(24)19-7-8-23-22(16(19)4)13-32-38-30(23)36/h7-14,18,33,36H,1-6H3/t18-/m0/s1/i4D3. The summed E-state index contributed by atoms with van der Waals surface area (Å²) in [7, 11) is -1.39. The third-order valence-corrected chi connectivity index (χ3v) is 7.01. The quantitative estimate of drug-likeness (QED) is 0.250. The van der Waals surface area contributed by atoms with Crippen LogP contribution in [0, 0.1) is 20.7 Å². The Morgan fingerprint density at radius 3 is 2.66 bits per heavy atom. The molecule has 0 amide bonds. The fourth-order valence-corrected chi connectivity index (χ4v) is 5.06. The smallest absolute Gasteiger partial charge is 0.460 e. The molecule has 5 rings (SSSR count). The predicted octanol–water partition coefficient (Wildman–Crippen LogP) is 5.78. The van der Waals surface area contributed by atoms with Crippen LogP contribution in [0.1, 0.15) is 70.4 Å². The van der Waals surface area contributed by atoms with Gasteiger partial charge in [-0.1, -0.05) is 43.6 Å². The van der Waals surface area contributed by atoms with Gasteiger partial charge in [0, 0.05) is 37.7 Å². The summed E-state index contributed by atoms with van der Waals surface area (Å²) in [5.41, 5.74) is 4.34. The van der Waals surface area contributed by atoms with E-state index in [1.54, 1.807) is 31.2 Å². The number of anilines is 1. The summed E-state index contributed by atoms with van der Waals surface area (Å²) >= 11 is 6.32. The number of hydrogen-bond donors (Lipinski definition) is 2. The van der Waals surface area contributed by atoms with E-state index in [0.717, 1.165) is 11.1 Å². The van der Waals surface area contributed by atoms with Crippen molar-refractivity contribution in [3.8, 4) is 11.3 Å². The molecule has 38 heavy (non-hydrogen) atoms. The summed E-state index contributed by atoms with van der Waals surface area (Å²) in [6, 6.07) is 9.93. The van der Waals surface area contributed by atoms with Crippen LogP contribution in [0.2, 0.25) is 5.15 Å². The maximum absolute atomic E-state index is 13.3. The normalized spacial score (nSPS) is 15.1. The molecule has 0 unspecified atom stereocenters. The van der Waals surface area contributed by atoms with E-state index in [4.69, 9.17) is 24.9 Å². The zero-order chi connectivity index (χ0) is 29.8. The lowest BCUT2D eigenvalue weighted by molar-refractivity contribution is 0.286. The van der Waals surface area contributed by atoms with E-state index in [2.05, 4.69) is 15.5 Å². The number of rotatable bonds is 5. The summed E-state index contributed by atoms with van der Waals surface area (Å²) in [6.07, 6.45) is 1.28. The van der Waals surface area contributed by atoms with E-state index in [1.165, 1.54) is 6.21 Å². The van der Waals surface area contributed by atoms with Gasteiger partial charge in [-0.2, -0.15) is 0 Å². The van der Waals surface area contributed by atoms with Crippen molar-refractivity contribution in [3.05, 3.63) is 85.4 Å². The van der Waals surface area contributed by atoms with Gasteiger partial charge in [0.15, 0.2) is 5.43 Å². The molecule has 9 heteroatoms. The second-order valence-electron chi connectivity index (χ2n) is 9.89. The summed E-state index contributed by atoms with van der Waals surface area (Å²) in [5.74, 6) is 0.657. The first kappa shape index (κ1) is 22.4. The van der Waals surface area contributed by atoms with E-state index >= 15 is 0 Å². The number of nitrogens with one attached hydrogen (secondary N) is 1. The van der Waals surface area contributed by atoms with Gasteiger partial charge in [-0.25, -0.2) is 4.98 Å². The molecule has 0 saturated carbocycles. The molecule has 0 radical (unpaired) electrons. The number of pyridine rings is 1. The van der Waals surface area contributed by atoms with Gasteiger partial charge >= 0.3 is 7.12 Å². The van der Waals surface area contributed by atoms with Crippen LogP contribution in [-0.4, -0.2) is 23.3 Å². The number of halogens is 1. The molecule has 194 valence electrons. The Kier molecular flexibility index (Phi) is 5.85. The van der Waals surface area contributed by atoms with Crippen molar-refractivity contribution < 1.29 is 18.3 Å². The fourth-order valence-electron chi connectivity index (χ4n) is 4.91. The first-order valence-corrected chi connectivity index (χ1v) is 12.7. The number of aromatic nitrogens is 1. The average Bonchev–Trinajstić information content (AvgIpc) is 2.90. The molecule has 3 heterocycles. The van der Waals surface area contributed by atoms with Gasteiger partial charge < -0.3 is 19.5 Å². The molecule has 0 fully saturated rings. The Labute approximate surface area is 230 Å². The van der Waals surface area contributed by atoms with Crippen LogP contribution < -0.4 is 16.2 Å². The molecule has 2 aromatic heterocycles. The lowest BCUT2D eigenvalue weighted by Gasteiger charge is -2.22. The molecular formula is C29H29BClN3O4. The van der Waals surface area contributed by atoms with Gasteiger partial charge in [0.1, 0.15) is 16.5 Å². The second-order valence-corrected chi connectivity index (χ2v) is 10.3. The van der Waals surface area contributed by atoms with Crippen molar-refractivity contribution in [3.63, 3.8) is 0 Å². The average molecular weight is 533 g/mol. The Morgan fingerprint density at radius 1 is 1.13 bits per heavy atom. The number of oxime groups is 1. The first-order valence-electron chi connectivity index (χ1n) is 13.8. The number of aryl methyl sites for hydroxylation is 1. The Hall–Kier alpha value is -3.62. The van der Waals surface area contributed by atoms with Crippen molar-refractivity contribution in [1.29, 1.82) is 0 Å². The van der Waals surface area contributed by atoms with Crippen molar-refractivity contribution in [2.45, 2.75) is 53.4 Å². The lowest BCUT2D eigenvalue weighted by Crippen LogP contribution is -2.38. The summed E-state index contributed by atoms with van der Waals surface area (Å²) in [5, 5.41) is 18.1. The van der Waals surface area contributed by atoms with Crippen molar-refractivity contribution in [1.82, 2.24) is 4.98 Å². The van der Waals surface area contributed by atoms with Gasteiger partial charge in [-0.15, -0.1) is 5.16 Å². The van der Waals surface area contributed by atoms with Crippen LogP contribution in [0.4, 0.5) is 5.69 Å². The van der Waals surface area contributed by atoms with Gasteiger partial charge in [0.2, 0.25) is 0 Å².